The van der Waals surface area contributed by atoms with Gasteiger partial charge >= 0.3 is 0 Å². The molecule has 1 fully saturated rings. The minimum absolute atomic E-state index is 0. The van der Waals surface area contributed by atoms with Crippen molar-refractivity contribution in [1.29, 1.82) is 0 Å². The lowest BCUT2D eigenvalue weighted by atomic mass is 9.98. The molecule has 0 saturated heterocycles. The van der Waals surface area contributed by atoms with Gasteiger partial charge in [-0.25, -0.2) is 4.39 Å². The summed E-state index contributed by atoms with van der Waals surface area (Å²) >= 11 is 0. The minimum atomic E-state index is -0.509. The summed E-state index contributed by atoms with van der Waals surface area (Å²) in [6.45, 7) is 0. The van der Waals surface area contributed by atoms with Gasteiger partial charge < -0.3 is 0 Å². The van der Waals surface area contributed by atoms with E-state index in [-0.39, 0.29) is 42.8 Å². The van der Waals surface area contributed by atoms with Crippen LogP contribution in [-0.2, 0) is 17.6 Å². The van der Waals surface area contributed by atoms with Crippen molar-refractivity contribution in [3.63, 3.8) is 0 Å². The Balaban J connectivity index is 0.00000274. The molecule has 1 saturated carbocycles. The number of halogens is 1. The van der Waals surface area contributed by atoms with Gasteiger partial charge in [-0.1, -0.05) is 37.8 Å². The largest absolute Gasteiger partial charge is 0.299 e. The number of ketones is 2. The summed E-state index contributed by atoms with van der Waals surface area (Å²) < 4.78 is 14.7. The maximum atomic E-state index is 14.7. The number of aromatic nitrogens is 2. The van der Waals surface area contributed by atoms with Crippen LogP contribution in [-0.4, -0.2) is 21.5 Å². The molecule has 2 atom stereocenters. The third kappa shape index (κ3) is 5.09. The Kier molecular flexibility index (Phi) is 6.92. The third-order valence-corrected chi connectivity index (χ3v) is 6.37. The first-order chi connectivity index (χ1) is 16.1. The molecule has 0 aliphatic heterocycles. The molecular weight excluding hydrogens is 427 g/mol. The second-order valence-corrected chi connectivity index (χ2v) is 8.67. The number of Topliss-reactive ketones (excluding diaryl/α,β-unsaturated/α-hetero) is 2. The van der Waals surface area contributed by atoms with E-state index < -0.39 is 5.82 Å². The van der Waals surface area contributed by atoms with Gasteiger partial charge in [-0.05, 0) is 65.1 Å². The lowest BCUT2D eigenvalue weighted by molar-refractivity contribution is -0.119. The molecule has 1 aliphatic carbocycles. The molecule has 2 aromatic carbocycles. The zero-order chi connectivity index (χ0) is 22.8. The van der Waals surface area contributed by atoms with Crippen LogP contribution in [0.25, 0.3) is 10.8 Å². The van der Waals surface area contributed by atoms with E-state index in [0.29, 0.717) is 12.8 Å². The van der Waals surface area contributed by atoms with Crippen LogP contribution in [0, 0.1) is 11.7 Å². The standard InChI is InChI=1S/C28H23FN2O2.CH4/c29-26-14-21(6-7-23(26)27(32)8-4-18-2-1-10-30-16-18)24-15-25(24)28(33)13-19-3-5-22-17-31-11-9-20(22)12-19;/h1-3,5-7,9-12,14,16-17,24-25H,4,8,13,15H2;1H4/t24-,25+;/m0./s1. The maximum absolute atomic E-state index is 14.7. The molecule has 0 N–H and O–H groups in total. The summed E-state index contributed by atoms with van der Waals surface area (Å²) in [5.74, 6) is -0.630. The predicted molar refractivity (Wildman–Crippen MR) is 131 cm³/mol. The molecule has 2 heterocycles. The summed E-state index contributed by atoms with van der Waals surface area (Å²) in [5, 5.41) is 2.11. The van der Waals surface area contributed by atoms with Gasteiger partial charge in [-0.2, -0.15) is 0 Å². The van der Waals surface area contributed by atoms with E-state index in [1.165, 1.54) is 6.07 Å². The van der Waals surface area contributed by atoms with Crippen LogP contribution in [0.15, 0.2) is 79.4 Å². The first-order valence-electron chi connectivity index (χ1n) is 11.2. The van der Waals surface area contributed by atoms with Crippen molar-refractivity contribution in [2.24, 2.45) is 5.92 Å². The molecule has 1 aliphatic rings. The van der Waals surface area contributed by atoms with Gasteiger partial charge in [-0.15, -0.1) is 0 Å². The molecule has 172 valence electrons. The van der Waals surface area contributed by atoms with Crippen molar-refractivity contribution in [2.75, 3.05) is 0 Å². The normalized spacial score (nSPS) is 16.6. The summed E-state index contributed by atoms with van der Waals surface area (Å²) in [7, 11) is 0. The molecule has 4 aromatic rings. The Hall–Kier alpha value is -3.73. The van der Waals surface area contributed by atoms with E-state index in [4.69, 9.17) is 0 Å². The molecule has 2 aromatic heterocycles. The van der Waals surface area contributed by atoms with Crippen molar-refractivity contribution in [1.82, 2.24) is 9.97 Å². The SMILES string of the molecule is C.O=C(CCc1cccnc1)c1ccc([C@@H]2C[C@H]2C(=O)Cc2ccc3cnccc3c2)cc1F. The van der Waals surface area contributed by atoms with Crippen LogP contribution in [0.5, 0.6) is 0 Å². The Morgan fingerprint density at radius 2 is 1.76 bits per heavy atom. The van der Waals surface area contributed by atoms with Crippen LogP contribution in [0.2, 0.25) is 0 Å². The number of carbonyl (C=O) groups excluding carboxylic acids is 2. The highest BCUT2D eigenvalue weighted by Gasteiger charge is 2.43. The fourth-order valence-electron chi connectivity index (χ4n) is 4.42. The monoisotopic (exact) mass is 454 g/mol. The van der Waals surface area contributed by atoms with Crippen molar-refractivity contribution in [2.45, 2.75) is 39.0 Å². The fourth-order valence-corrected chi connectivity index (χ4v) is 4.42. The number of fused-ring (bicyclic) bond motifs is 1. The van der Waals surface area contributed by atoms with Crippen molar-refractivity contribution >= 4 is 22.3 Å². The van der Waals surface area contributed by atoms with Gasteiger partial charge in [0.05, 0.1) is 5.56 Å². The summed E-state index contributed by atoms with van der Waals surface area (Å²) in [6, 6.07) is 16.4. The zero-order valence-electron chi connectivity index (χ0n) is 18.1. The van der Waals surface area contributed by atoms with Crippen LogP contribution in [0.3, 0.4) is 0 Å². The molecule has 0 amide bonds. The number of benzene rings is 2. The van der Waals surface area contributed by atoms with Gasteiger partial charge in [0.1, 0.15) is 11.6 Å². The lowest BCUT2D eigenvalue weighted by Crippen LogP contribution is -2.07. The molecule has 4 nitrogen and oxygen atoms in total. The Morgan fingerprint density at radius 1 is 0.912 bits per heavy atom. The van der Waals surface area contributed by atoms with E-state index in [1.807, 2.05) is 36.4 Å². The zero-order valence-corrected chi connectivity index (χ0v) is 18.1. The van der Waals surface area contributed by atoms with Crippen molar-refractivity contribution < 1.29 is 14.0 Å². The highest BCUT2D eigenvalue weighted by atomic mass is 19.1. The molecule has 0 spiro atoms. The second kappa shape index (κ2) is 10.0. The fraction of sp³-hybridized carbons (Fsp3) is 0.241. The van der Waals surface area contributed by atoms with Crippen LogP contribution in [0.1, 0.15) is 53.2 Å². The number of carbonyl (C=O) groups is 2. The number of hydrogen-bond donors (Lipinski definition) is 0. The lowest BCUT2D eigenvalue weighted by Gasteiger charge is -2.07. The molecule has 0 radical (unpaired) electrons. The van der Waals surface area contributed by atoms with E-state index in [2.05, 4.69) is 9.97 Å². The average molecular weight is 455 g/mol. The highest BCUT2D eigenvalue weighted by molar-refractivity contribution is 5.96. The summed E-state index contributed by atoms with van der Waals surface area (Å²) in [5.41, 5.74) is 2.83. The molecule has 5 heteroatoms. The number of aryl methyl sites for hydroxylation is 1. The average Bonchev–Trinajstić information content (AvgIpc) is 3.64. The molecule has 5 rings (SSSR count). The van der Waals surface area contributed by atoms with E-state index in [9.17, 15) is 14.0 Å². The van der Waals surface area contributed by atoms with Gasteiger partial charge in [0.2, 0.25) is 0 Å². The first-order valence-corrected chi connectivity index (χ1v) is 11.2. The van der Waals surface area contributed by atoms with Gasteiger partial charge in [0.15, 0.2) is 5.78 Å². The van der Waals surface area contributed by atoms with Gasteiger partial charge in [0, 0.05) is 48.9 Å². The highest BCUT2D eigenvalue weighted by Crippen LogP contribution is 2.48. The van der Waals surface area contributed by atoms with Gasteiger partial charge in [0.25, 0.3) is 0 Å². The third-order valence-electron chi connectivity index (χ3n) is 6.37. The molecule has 34 heavy (non-hydrogen) atoms. The van der Waals surface area contributed by atoms with Crippen LogP contribution in [0.4, 0.5) is 4.39 Å². The van der Waals surface area contributed by atoms with Crippen molar-refractivity contribution in [3.8, 4) is 0 Å². The van der Waals surface area contributed by atoms with E-state index in [0.717, 1.165) is 33.9 Å². The molecule has 0 unspecified atom stereocenters. The number of hydrogen-bond acceptors (Lipinski definition) is 4. The van der Waals surface area contributed by atoms with Gasteiger partial charge in [-0.3, -0.25) is 19.6 Å². The minimum Gasteiger partial charge on any atom is -0.299 e. The molecular formula is C29H27FN2O2. The number of pyridine rings is 2. The smallest absolute Gasteiger partial charge is 0.166 e. The van der Waals surface area contributed by atoms with Crippen molar-refractivity contribution in [3.05, 3.63) is 107 Å². The Morgan fingerprint density at radius 3 is 2.56 bits per heavy atom. The van der Waals surface area contributed by atoms with E-state index in [1.54, 1.807) is 36.9 Å². The van der Waals surface area contributed by atoms with Crippen LogP contribution >= 0.6 is 0 Å². The van der Waals surface area contributed by atoms with Crippen LogP contribution < -0.4 is 0 Å². The second-order valence-electron chi connectivity index (χ2n) is 8.67. The first kappa shape index (κ1) is 23.4. The Bertz CT molecular complexity index is 1340. The number of nitrogens with zero attached hydrogens (tertiary/aromatic N) is 2. The quantitative estimate of drug-likeness (QED) is 0.300. The Labute approximate surface area is 198 Å². The maximum Gasteiger partial charge on any atom is 0.166 e. The number of rotatable bonds is 8. The summed E-state index contributed by atoms with van der Waals surface area (Å²) in [4.78, 5) is 33.4. The summed E-state index contributed by atoms with van der Waals surface area (Å²) in [6.07, 6.45) is 8.79. The van der Waals surface area contributed by atoms with E-state index >= 15 is 0 Å². The topological polar surface area (TPSA) is 59.9 Å². The predicted octanol–water partition coefficient (Wildman–Crippen LogP) is 6.14. The molecule has 0 bridgehead atoms.